The molecule has 0 bridgehead atoms. The molecule has 0 atom stereocenters. The van der Waals surface area contributed by atoms with Crippen LogP contribution in [-0.4, -0.2) is 5.33 Å². The van der Waals surface area contributed by atoms with Crippen molar-refractivity contribution in [1.29, 1.82) is 0 Å². The van der Waals surface area contributed by atoms with E-state index in [2.05, 4.69) is 47.8 Å². The first-order chi connectivity index (χ1) is 6.10. The number of halogens is 1. The lowest BCUT2D eigenvalue weighted by atomic mass is 9.86. The molecule has 1 aromatic carbocycles. The number of hydrogen-bond acceptors (Lipinski definition) is 0. The monoisotopic (exact) mass is 236 g/mol. The quantitative estimate of drug-likeness (QED) is 0.546. The highest BCUT2D eigenvalue weighted by atomic mass is 79.9. The van der Waals surface area contributed by atoms with Crippen molar-refractivity contribution in [2.24, 2.45) is 0 Å². The van der Waals surface area contributed by atoms with Crippen LogP contribution in [0.1, 0.15) is 25.0 Å². The Morgan fingerprint density at radius 1 is 1.46 bits per heavy atom. The predicted octanol–water partition coefficient (Wildman–Crippen LogP) is 3.34. The van der Waals surface area contributed by atoms with E-state index in [1.54, 1.807) is 0 Å². The van der Waals surface area contributed by atoms with E-state index in [-0.39, 0.29) is 5.41 Å². The van der Waals surface area contributed by atoms with Crippen LogP contribution in [0.2, 0.25) is 0 Å². The summed E-state index contributed by atoms with van der Waals surface area (Å²) in [5.74, 6) is 2.65. The Hall–Kier alpha value is -0.740. The highest BCUT2D eigenvalue weighted by Gasteiger charge is 2.18. The number of alkyl halides is 1. The van der Waals surface area contributed by atoms with E-state index in [1.165, 1.54) is 5.56 Å². The fraction of sp³-hybridized carbons (Fsp3) is 0.333. The highest BCUT2D eigenvalue weighted by Crippen LogP contribution is 2.25. The van der Waals surface area contributed by atoms with Crippen LogP contribution in [0.4, 0.5) is 0 Å². The van der Waals surface area contributed by atoms with Gasteiger partial charge in [0.1, 0.15) is 0 Å². The molecule has 0 aliphatic rings. The average molecular weight is 237 g/mol. The zero-order valence-corrected chi connectivity index (χ0v) is 9.56. The molecule has 0 amide bonds. The lowest BCUT2D eigenvalue weighted by Crippen LogP contribution is -2.18. The molecule has 0 saturated carbocycles. The van der Waals surface area contributed by atoms with E-state index in [0.29, 0.717) is 0 Å². The second kappa shape index (κ2) is 3.98. The van der Waals surface area contributed by atoms with E-state index < -0.39 is 0 Å². The van der Waals surface area contributed by atoms with Gasteiger partial charge in [0.05, 0.1) is 0 Å². The molecule has 68 valence electrons. The van der Waals surface area contributed by atoms with E-state index in [9.17, 15) is 0 Å². The van der Waals surface area contributed by atoms with E-state index >= 15 is 0 Å². The van der Waals surface area contributed by atoms with Gasteiger partial charge in [-0.25, -0.2) is 0 Å². The Morgan fingerprint density at radius 3 is 2.69 bits per heavy atom. The molecule has 0 aliphatic carbocycles. The van der Waals surface area contributed by atoms with Crippen molar-refractivity contribution < 1.29 is 0 Å². The van der Waals surface area contributed by atoms with Crippen LogP contribution in [0.25, 0.3) is 0 Å². The molecule has 0 fully saturated rings. The zero-order valence-electron chi connectivity index (χ0n) is 7.97. The molecule has 13 heavy (non-hydrogen) atoms. The van der Waals surface area contributed by atoms with Crippen LogP contribution in [0, 0.1) is 12.3 Å². The molecule has 0 saturated heterocycles. The topological polar surface area (TPSA) is 0 Å². The van der Waals surface area contributed by atoms with Crippen molar-refractivity contribution in [3.05, 3.63) is 35.4 Å². The molecule has 0 aromatic heterocycles. The predicted molar refractivity (Wildman–Crippen MR) is 61.2 cm³/mol. The van der Waals surface area contributed by atoms with Gasteiger partial charge in [-0.05, 0) is 23.1 Å². The van der Waals surface area contributed by atoms with Crippen molar-refractivity contribution in [3.8, 4) is 12.3 Å². The number of terminal acetylenes is 1. The van der Waals surface area contributed by atoms with Crippen LogP contribution in [0.15, 0.2) is 24.3 Å². The van der Waals surface area contributed by atoms with Crippen molar-refractivity contribution in [2.75, 3.05) is 5.33 Å². The third-order valence-corrected chi connectivity index (χ3v) is 3.55. The van der Waals surface area contributed by atoms with Gasteiger partial charge in [0.15, 0.2) is 0 Å². The highest BCUT2D eigenvalue weighted by molar-refractivity contribution is 9.09. The van der Waals surface area contributed by atoms with Crippen LogP contribution in [0.3, 0.4) is 0 Å². The minimum absolute atomic E-state index is 0.146. The Labute approximate surface area is 88.5 Å². The van der Waals surface area contributed by atoms with Crippen molar-refractivity contribution >= 4 is 15.9 Å². The maximum Gasteiger partial charge on any atom is 0.0245 e. The summed E-state index contributed by atoms with van der Waals surface area (Å²) in [5.41, 5.74) is 2.37. The molecule has 0 aliphatic heterocycles. The molecule has 0 unspecified atom stereocenters. The molecule has 1 rings (SSSR count). The van der Waals surface area contributed by atoms with Gasteiger partial charge in [-0.3, -0.25) is 0 Å². The Kier molecular flexibility index (Phi) is 3.17. The van der Waals surface area contributed by atoms with Gasteiger partial charge in [-0.15, -0.1) is 6.42 Å². The lowest BCUT2D eigenvalue weighted by Gasteiger charge is -2.22. The maximum atomic E-state index is 5.34. The first kappa shape index (κ1) is 10.3. The number of hydrogen-bond donors (Lipinski definition) is 0. The van der Waals surface area contributed by atoms with Gasteiger partial charge >= 0.3 is 0 Å². The van der Waals surface area contributed by atoms with Crippen molar-refractivity contribution in [2.45, 2.75) is 19.3 Å². The van der Waals surface area contributed by atoms with E-state index in [1.807, 2.05) is 12.1 Å². The van der Waals surface area contributed by atoms with Crippen molar-refractivity contribution in [1.82, 2.24) is 0 Å². The Balaban J connectivity index is 3.10. The molecule has 1 heteroatoms. The Morgan fingerprint density at radius 2 is 2.15 bits per heavy atom. The smallest absolute Gasteiger partial charge is 0.0245 e. The lowest BCUT2D eigenvalue weighted by molar-refractivity contribution is 0.606. The van der Waals surface area contributed by atoms with E-state index in [4.69, 9.17) is 6.42 Å². The molecule has 0 nitrogen and oxygen atoms in total. The SMILES string of the molecule is C#Cc1cccc(C(C)(C)CBr)c1. The minimum Gasteiger partial charge on any atom is -0.115 e. The molecule has 0 radical (unpaired) electrons. The third kappa shape index (κ3) is 2.35. The molecular weight excluding hydrogens is 224 g/mol. The fourth-order valence-corrected chi connectivity index (χ4v) is 1.43. The largest absolute Gasteiger partial charge is 0.115 e. The van der Waals surface area contributed by atoms with Gasteiger partial charge in [0.2, 0.25) is 0 Å². The van der Waals surface area contributed by atoms with Crippen LogP contribution in [-0.2, 0) is 5.41 Å². The van der Waals surface area contributed by atoms with Gasteiger partial charge in [-0.2, -0.15) is 0 Å². The summed E-state index contributed by atoms with van der Waals surface area (Å²) >= 11 is 3.50. The average Bonchev–Trinajstić information content (AvgIpc) is 2.18. The standard InChI is InChI=1S/C12H13Br/c1-4-10-6-5-7-11(8-10)12(2,3)9-13/h1,5-8H,9H2,2-3H3. The summed E-state index contributed by atoms with van der Waals surface area (Å²) in [6, 6.07) is 8.14. The summed E-state index contributed by atoms with van der Waals surface area (Å²) in [4.78, 5) is 0. The van der Waals surface area contributed by atoms with Gasteiger partial charge in [0.25, 0.3) is 0 Å². The maximum absolute atomic E-state index is 5.34. The summed E-state index contributed by atoms with van der Waals surface area (Å²) in [6.07, 6.45) is 5.34. The molecule has 0 N–H and O–H groups in total. The minimum atomic E-state index is 0.146. The third-order valence-electron chi connectivity index (χ3n) is 2.14. The van der Waals surface area contributed by atoms with E-state index in [0.717, 1.165) is 10.9 Å². The van der Waals surface area contributed by atoms with Gasteiger partial charge in [0, 0.05) is 10.9 Å². The summed E-state index contributed by atoms with van der Waals surface area (Å²) < 4.78 is 0. The molecule has 0 heterocycles. The first-order valence-electron chi connectivity index (χ1n) is 4.23. The Bertz CT molecular complexity index is 331. The summed E-state index contributed by atoms with van der Waals surface area (Å²) in [5, 5.41) is 0.939. The summed E-state index contributed by atoms with van der Waals surface area (Å²) in [6.45, 7) is 4.38. The van der Waals surface area contributed by atoms with Crippen molar-refractivity contribution in [3.63, 3.8) is 0 Å². The molecule has 1 aromatic rings. The normalized spacial score (nSPS) is 10.9. The second-order valence-electron chi connectivity index (χ2n) is 3.74. The number of rotatable bonds is 2. The fourth-order valence-electron chi connectivity index (χ4n) is 1.11. The second-order valence-corrected chi connectivity index (χ2v) is 4.30. The molecule has 0 spiro atoms. The van der Waals surface area contributed by atoms with Gasteiger partial charge in [-0.1, -0.05) is 47.8 Å². The van der Waals surface area contributed by atoms with Crippen LogP contribution < -0.4 is 0 Å². The summed E-state index contributed by atoms with van der Waals surface area (Å²) in [7, 11) is 0. The number of benzene rings is 1. The van der Waals surface area contributed by atoms with Crippen LogP contribution in [0.5, 0.6) is 0 Å². The first-order valence-corrected chi connectivity index (χ1v) is 5.35. The molecular formula is C12H13Br. The van der Waals surface area contributed by atoms with Crippen LogP contribution >= 0.6 is 15.9 Å². The van der Waals surface area contributed by atoms with Gasteiger partial charge < -0.3 is 0 Å². The zero-order chi connectivity index (χ0) is 9.90.